The number of nitrogens with zero attached hydrogens (tertiary/aromatic N) is 1. The van der Waals surface area contributed by atoms with Crippen LogP contribution in [0.2, 0.25) is 0 Å². The third-order valence-corrected chi connectivity index (χ3v) is 3.82. The molecule has 0 bridgehead atoms. The maximum Gasteiger partial charge on any atom is 0.241 e. The van der Waals surface area contributed by atoms with E-state index in [1.165, 1.54) is 18.5 Å². The predicted octanol–water partition coefficient (Wildman–Crippen LogP) is 2.60. The zero-order chi connectivity index (χ0) is 14.8. The van der Waals surface area contributed by atoms with Crippen molar-refractivity contribution in [3.63, 3.8) is 0 Å². The molecule has 0 radical (unpaired) electrons. The van der Waals surface area contributed by atoms with Gasteiger partial charge in [-0.15, -0.1) is 0 Å². The Morgan fingerprint density at radius 2 is 1.75 bits per heavy atom. The molecule has 4 heteroatoms. The lowest BCUT2D eigenvalue weighted by Crippen LogP contribution is -2.45. The van der Waals surface area contributed by atoms with Gasteiger partial charge in [0.1, 0.15) is 0 Å². The first-order valence-corrected chi connectivity index (χ1v) is 7.29. The van der Waals surface area contributed by atoms with E-state index in [0.29, 0.717) is 0 Å². The number of carbonyl (C=O) groups excluding carboxylic acids is 1. The van der Waals surface area contributed by atoms with Crippen LogP contribution >= 0.6 is 0 Å². The van der Waals surface area contributed by atoms with Gasteiger partial charge in [0.15, 0.2) is 0 Å². The summed E-state index contributed by atoms with van der Waals surface area (Å²) in [5, 5.41) is 2.88. The molecule has 110 valence electrons. The molecular weight excluding hydrogens is 250 g/mol. The van der Waals surface area contributed by atoms with E-state index in [0.717, 1.165) is 18.8 Å². The second-order valence-corrected chi connectivity index (χ2v) is 6.57. The van der Waals surface area contributed by atoms with E-state index in [4.69, 9.17) is 5.73 Å². The summed E-state index contributed by atoms with van der Waals surface area (Å²) in [6.07, 6.45) is 2.53. The minimum Gasteiger partial charge on any atom is -0.372 e. The lowest BCUT2D eigenvalue weighted by Gasteiger charge is -2.26. The lowest BCUT2D eigenvalue weighted by molar-refractivity contribution is -0.119. The van der Waals surface area contributed by atoms with Crippen LogP contribution in [0.25, 0.3) is 0 Å². The monoisotopic (exact) mass is 275 g/mol. The summed E-state index contributed by atoms with van der Waals surface area (Å²) >= 11 is 0. The van der Waals surface area contributed by atoms with Crippen molar-refractivity contribution in [3.8, 4) is 0 Å². The molecule has 20 heavy (non-hydrogen) atoms. The van der Waals surface area contributed by atoms with Gasteiger partial charge in [0.05, 0.1) is 6.04 Å². The van der Waals surface area contributed by atoms with E-state index in [9.17, 15) is 4.79 Å². The molecule has 4 nitrogen and oxygen atoms in total. The molecule has 1 amide bonds. The molecule has 1 fully saturated rings. The average Bonchev–Trinajstić information content (AvgIpc) is 2.91. The molecule has 0 saturated carbocycles. The van der Waals surface area contributed by atoms with Crippen molar-refractivity contribution >= 4 is 17.3 Å². The minimum absolute atomic E-state index is 0.133. The number of nitrogens with one attached hydrogen (secondary N) is 1. The van der Waals surface area contributed by atoms with Crippen LogP contribution in [0.5, 0.6) is 0 Å². The van der Waals surface area contributed by atoms with Crippen LogP contribution in [-0.4, -0.2) is 25.0 Å². The Balaban J connectivity index is 1.98. The summed E-state index contributed by atoms with van der Waals surface area (Å²) in [4.78, 5) is 14.4. The Morgan fingerprint density at radius 3 is 2.25 bits per heavy atom. The first kappa shape index (κ1) is 14.9. The van der Waals surface area contributed by atoms with Crippen molar-refractivity contribution in [2.75, 3.05) is 23.3 Å². The summed E-state index contributed by atoms with van der Waals surface area (Å²) < 4.78 is 0. The molecule has 3 N–H and O–H groups in total. The fourth-order valence-corrected chi connectivity index (χ4v) is 2.34. The molecule has 2 rings (SSSR count). The Hall–Kier alpha value is -1.55. The van der Waals surface area contributed by atoms with Crippen molar-refractivity contribution < 1.29 is 4.79 Å². The number of anilines is 2. The van der Waals surface area contributed by atoms with E-state index in [1.54, 1.807) is 0 Å². The van der Waals surface area contributed by atoms with Gasteiger partial charge in [-0.1, -0.05) is 20.8 Å². The number of amides is 1. The van der Waals surface area contributed by atoms with Gasteiger partial charge in [-0.3, -0.25) is 4.79 Å². The van der Waals surface area contributed by atoms with Gasteiger partial charge >= 0.3 is 0 Å². The highest BCUT2D eigenvalue weighted by atomic mass is 16.2. The van der Waals surface area contributed by atoms with E-state index < -0.39 is 6.04 Å². The van der Waals surface area contributed by atoms with Gasteiger partial charge in [0, 0.05) is 24.5 Å². The van der Waals surface area contributed by atoms with Crippen molar-refractivity contribution in [2.45, 2.75) is 39.7 Å². The number of hydrogen-bond donors (Lipinski definition) is 2. The second kappa shape index (κ2) is 5.83. The topological polar surface area (TPSA) is 58.4 Å². The summed E-state index contributed by atoms with van der Waals surface area (Å²) in [5.74, 6) is -0.133. The van der Waals surface area contributed by atoms with E-state index in [1.807, 2.05) is 32.9 Å². The van der Waals surface area contributed by atoms with Crippen molar-refractivity contribution in [3.05, 3.63) is 24.3 Å². The van der Waals surface area contributed by atoms with Gasteiger partial charge in [-0.25, -0.2) is 0 Å². The van der Waals surface area contributed by atoms with Crippen LogP contribution in [0.3, 0.4) is 0 Å². The van der Waals surface area contributed by atoms with Crippen LogP contribution < -0.4 is 16.0 Å². The highest BCUT2D eigenvalue weighted by molar-refractivity contribution is 5.95. The molecule has 0 aromatic heterocycles. The quantitative estimate of drug-likeness (QED) is 0.891. The normalized spacial score (nSPS) is 17.1. The van der Waals surface area contributed by atoms with E-state index in [2.05, 4.69) is 22.3 Å². The number of hydrogen-bond acceptors (Lipinski definition) is 3. The minimum atomic E-state index is -0.513. The Kier molecular flexibility index (Phi) is 4.33. The van der Waals surface area contributed by atoms with Gasteiger partial charge < -0.3 is 16.0 Å². The molecular formula is C16H25N3O. The van der Waals surface area contributed by atoms with Gasteiger partial charge in [-0.2, -0.15) is 0 Å². The average molecular weight is 275 g/mol. The fraction of sp³-hybridized carbons (Fsp3) is 0.562. The smallest absolute Gasteiger partial charge is 0.241 e. The van der Waals surface area contributed by atoms with Crippen LogP contribution in [0, 0.1) is 5.41 Å². The van der Waals surface area contributed by atoms with E-state index >= 15 is 0 Å². The first-order chi connectivity index (χ1) is 9.38. The molecule has 1 atom stereocenters. The first-order valence-electron chi connectivity index (χ1n) is 7.29. The number of benzene rings is 1. The van der Waals surface area contributed by atoms with Gasteiger partial charge in [0.2, 0.25) is 5.91 Å². The van der Waals surface area contributed by atoms with Crippen molar-refractivity contribution in [1.82, 2.24) is 0 Å². The standard InChI is InChI=1S/C16H25N3O/c1-16(2,3)14(17)15(20)18-12-6-8-13(9-7-12)19-10-4-5-11-19/h6-9,14H,4-5,10-11,17H2,1-3H3,(H,18,20)/t14-/m1/s1. The summed E-state index contributed by atoms with van der Waals surface area (Å²) in [5.41, 5.74) is 7.74. The van der Waals surface area contributed by atoms with Crippen LogP contribution in [0.4, 0.5) is 11.4 Å². The molecule has 0 aliphatic carbocycles. The summed E-state index contributed by atoms with van der Waals surface area (Å²) in [6, 6.07) is 7.50. The highest BCUT2D eigenvalue weighted by Crippen LogP contribution is 2.23. The van der Waals surface area contributed by atoms with Crippen LogP contribution in [-0.2, 0) is 4.79 Å². The number of rotatable bonds is 3. The van der Waals surface area contributed by atoms with Crippen molar-refractivity contribution in [2.24, 2.45) is 11.1 Å². The molecule has 1 heterocycles. The number of carbonyl (C=O) groups is 1. The molecule has 1 saturated heterocycles. The zero-order valence-corrected chi connectivity index (χ0v) is 12.6. The van der Waals surface area contributed by atoms with Crippen LogP contribution in [0.15, 0.2) is 24.3 Å². The molecule has 1 aliphatic rings. The third-order valence-electron chi connectivity index (χ3n) is 3.82. The molecule has 1 aliphatic heterocycles. The molecule has 0 spiro atoms. The molecule has 0 unspecified atom stereocenters. The van der Waals surface area contributed by atoms with Gasteiger partial charge in [-0.05, 0) is 42.5 Å². The highest BCUT2D eigenvalue weighted by Gasteiger charge is 2.27. The third kappa shape index (κ3) is 3.51. The Labute approximate surface area is 121 Å². The summed E-state index contributed by atoms with van der Waals surface area (Å²) in [6.45, 7) is 8.15. The lowest BCUT2D eigenvalue weighted by atomic mass is 9.87. The predicted molar refractivity (Wildman–Crippen MR) is 83.9 cm³/mol. The Morgan fingerprint density at radius 1 is 1.20 bits per heavy atom. The largest absolute Gasteiger partial charge is 0.372 e. The molecule has 1 aromatic carbocycles. The Bertz CT molecular complexity index is 456. The summed E-state index contributed by atoms with van der Waals surface area (Å²) in [7, 11) is 0. The maximum atomic E-state index is 12.1. The fourth-order valence-electron chi connectivity index (χ4n) is 2.34. The van der Waals surface area contributed by atoms with Gasteiger partial charge in [0.25, 0.3) is 0 Å². The molecule has 1 aromatic rings. The SMILES string of the molecule is CC(C)(C)[C@H](N)C(=O)Nc1ccc(N2CCCC2)cc1. The second-order valence-electron chi connectivity index (χ2n) is 6.57. The maximum absolute atomic E-state index is 12.1. The van der Waals surface area contributed by atoms with Crippen molar-refractivity contribution in [1.29, 1.82) is 0 Å². The van der Waals surface area contributed by atoms with Crippen LogP contribution in [0.1, 0.15) is 33.6 Å². The van der Waals surface area contributed by atoms with E-state index in [-0.39, 0.29) is 11.3 Å². The number of nitrogens with two attached hydrogens (primary N) is 1. The zero-order valence-electron chi connectivity index (χ0n) is 12.6.